The third kappa shape index (κ3) is 5.20. The van der Waals surface area contributed by atoms with E-state index in [1.165, 1.54) is 0 Å². The number of aliphatic carboxylic acids is 1. The summed E-state index contributed by atoms with van der Waals surface area (Å²) >= 11 is 0. The number of benzene rings is 4. The quantitative estimate of drug-likeness (QED) is 0.316. The molecule has 3 atom stereocenters. The molecule has 2 heterocycles. The van der Waals surface area contributed by atoms with Crippen LogP contribution in [0.25, 0.3) is 0 Å². The number of carboxylic acid groups (broad SMARTS) is 1. The van der Waals surface area contributed by atoms with E-state index in [4.69, 9.17) is 0 Å². The molecule has 42 heavy (non-hydrogen) atoms. The van der Waals surface area contributed by atoms with Crippen LogP contribution in [0.2, 0.25) is 0 Å². The van der Waals surface area contributed by atoms with Crippen LogP contribution >= 0.6 is 0 Å². The van der Waals surface area contributed by atoms with Gasteiger partial charge in [-0.2, -0.15) is 0 Å². The van der Waals surface area contributed by atoms with Crippen molar-refractivity contribution in [3.05, 3.63) is 144 Å². The lowest BCUT2D eigenvalue weighted by atomic mass is 9.81. The van der Waals surface area contributed by atoms with Gasteiger partial charge >= 0.3 is 5.97 Å². The Kier molecular flexibility index (Phi) is 7.87. The number of amides is 2. The van der Waals surface area contributed by atoms with Crippen molar-refractivity contribution in [2.45, 2.75) is 49.2 Å². The predicted octanol–water partition coefficient (Wildman–Crippen LogP) is 5.70. The molecule has 2 amide bonds. The van der Waals surface area contributed by atoms with Gasteiger partial charge in [0.1, 0.15) is 6.04 Å². The average molecular weight is 559 g/mol. The first-order valence-electron chi connectivity index (χ1n) is 14.6. The van der Waals surface area contributed by atoms with Gasteiger partial charge < -0.3 is 14.9 Å². The molecular weight excluding hydrogens is 524 g/mol. The molecule has 2 saturated heterocycles. The zero-order valence-electron chi connectivity index (χ0n) is 23.3. The van der Waals surface area contributed by atoms with Crippen molar-refractivity contribution in [1.82, 2.24) is 9.80 Å². The van der Waals surface area contributed by atoms with Gasteiger partial charge in [0.15, 0.2) is 0 Å². The molecule has 0 radical (unpaired) electrons. The van der Waals surface area contributed by atoms with Gasteiger partial charge in [0.25, 0.3) is 0 Å². The van der Waals surface area contributed by atoms with Crippen LogP contribution in [0, 0.1) is 0 Å². The van der Waals surface area contributed by atoms with E-state index < -0.39 is 29.9 Å². The first-order chi connectivity index (χ1) is 20.5. The Bertz CT molecular complexity index is 1450. The fourth-order valence-corrected chi connectivity index (χ4v) is 6.87. The van der Waals surface area contributed by atoms with Crippen molar-refractivity contribution in [1.29, 1.82) is 0 Å². The molecule has 4 aromatic rings. The second-order valence-corrected chi connectivity index (χ2v) is 11.2. The van der Waals surface area contributed by atoms with E-state index in [2.05, 4.69) is 0 Å². The normalized spacial score (nSPS) is 20.0. The third-order valence-electron chi connectivity index (χ3n) is 8.71. The molecule has 0 spiro atoms. The molecule has 6 heteroatoms. The second kappa shape index (κ2) is 12.0. The SMILES string of the molecule is O=C(O)[C@@H]1[C@H]2CCC[C@@H](CN1C(=O)C(c1ccccc1)c1ccccc1)N2C(=O)C(c1ccccc1)c1ccccc1. The lowest BCUT2D eigenvalue weighted by molar-refractivity contribution is -0.168. The molecule has 2 fully saturated rings. The summed E-state index contributed by atoms with van der Waals surface area (Å²) in [6.45, 7) is 0.185. The zero-order valence-corrected chi connectivity index (χ0v) is 23.3. The summed E-state index contributed by atoms with van der Waals surface area (Å²) in [6.07, 6.45) is 2.06. The van der Waals surface area contributed by atoms with E-state index in [0.717, 1.165) is 35.1 Å². The Labute approximate surface area is 246 Å². The van der Waals surface area contributed by atoms with Crippen molar-refractivity contribution >= 4 is 17.8 Å². The van der Waals surface area contributed by atoms with E-state index in [1.807, 2.05) is 126 Å². The van der Waals surface area contributed by atoms with Gasteiger partial charge in [-0.3, -0.25) is 9.59 Å². The van der Waals surface area contributed by atoms with Crippen LogP contribution in [0.5, 0.6) is 0 Å². The Balaban J connectivity index is 1.39. The maximum atomic E-state index is 14.6. The van der Waals surface area contributed by atoms with Gasteiger partial charge in [-0.05, 0) is 41.5 Å². The molecule has 2 bridgehead atoms. The van der Waals surface area contributed by atoms with Crippen molar-refractivity contribution < 1.29 is 19.5 Å². The van der Waals surface area contributed by atoms with Crippen LogP contribution in [-0.4, -0.2) is 57.4 Å². The van der Waals surface area contributed by atoms with Crippen LogP contribution in [0.3, 0.4) is 0 Å². The molecule has 4 aromatic carbocycles. The van der Waals surface area contributed by atoms with Crippen molar-refractivity contribution in [3.63, 3.8) is 0 Å². The highest BCUT2D eigenvalue weighted by atomic mass is 16.4. The zero-order chi connectivity index (χ0) is 29.1. The average Bonchev–Trinajstić information content (AvgIpc) is 3.02. The molecule has 0 aliphatic carbocycles. The summed E-state index contributed by atoms with van der Waals surface area (Å²) in [5, 5.41) is 10.6. The number of likely N-dealkylation sites (tertiary alicyclic amines) is 1. The van der Waals surface area contributed by atoms with Crippen LogP contribution in [0.1, 0.15) is 53.4 Å². The van der Waals surface area contributed by atoms with Gasteiger partial charge in [0, 0.05) is 12.6 Å². The smallest absolute Gasteiger partial charge is 0.328 e. The van der Waals surface area contributed by atoms with Crippen LogP contribution < -0.4 is 0 Å². The highest BCUT2D eigenvalue weighted by molar-refractivity contribution is 5.93. The van der Waals surface area contributed by atoms with Gasteiger partial charge in [-0.15, -0.1) is 0 Å². The third-order valence-corrected chi connectivity index (χ3v) is 8.71. The Morgan fingerprint density at radius 2 is 1.00 bits per heavy atom. The van der Waals surface area contributed by atoms with Gasteiger partial charge in [0.2, 0.25) is 11.8 Å². The summed E-state index contributed by atoms with van der Waals surface area (Å²) in [4.78, 5) is 45.4. The fourth-order valence-electron chi connectivity index (χ4n) is 6.87. The van der Waals surface area contributed by atoms with Crippen LogP contribution in [-0.2, 0) is 14.4 Å². The Morgan fingerprint density at radius 1 is 0.595 bits per heavy atom. The molecule has 212 valence electrons. The van der Waals surface area contributed by atoms with E-state index >= 15 is 0 Å². The predicted molar refractivity (Wildman–Crippen MR) is 161 cm³/mol. The van der Waals surface area contributed by atoms with E-state index in [-0.39, 0.29) is 24.4 Å². The number of fused-ring (bicyclic) bond motifs is 2. The minimum absolute atomic E-state index is 0.108. The standard InChI is InChI=1S/C36H34N2O4/c39-34(31(25-14-5-1-6-15-25)26-16-7-2-8-17-26)37-24-29-22-13-23-30(33(37)36(41)42)38(29)35(40)32(27-18-9-3-10-19-27)28-20-11-4-12-21-28/h1-12,14-21,29-33H,13,22-24H2,(H,41,42)/t29-,30+,33-/m0/s1. The second-order valence-electron chi connectivity index (χ2n) is 11.2. The Hall–Kier alpha value is -4.71. The largest absolute Gasteiger partial charge is 0.480 e. The van der Waals surface area contributed by atoms with Crippen LogP contribution in [0.4, 0.5) is 0 Å². The number of rotatable bonds is 7. The molecule has 0 unspecified atom stereocenters. The highest BCUT2D eigenvalue weighted by Gasteiger charge is 2.52. The van der Waals surface area contributed by atoms with Crippen molar-refractivity contribution in [3.8, 4) is 0 Å². The number of piperidine rings is 1. The molecule has 2 aliphatic heterocycles. The monoisotopic (exact) mass is 558 g/mol. The lowest BCUT2D eigenvalue weighted by Crippen LogP contribution is -2.70. The fraction of sp³-hybridized carbons (Fsp3) is 0.250. The number of carbonyl (C=O) groups is 3. The summed E-state index contributed by atoms with van der Waals surface area (Å²) in [5.41, 5.74) is 3.36. The summed E-state index contributed by atoms with van der Waals surface area (Å²) in [5.74, 6) is -2.64. The molecule has 0 aromatic heterocycles. The molecule has 6 nitrogen and oxygen atoms in total. The number of hydrogen-bond donors (Lipinski definition) is 1. The van der Waals surface area contributed by atoms with Crippen molar-refractivity contribution in [2.75, 3.05) is 6.54 Å². The van der Waals surface area contributed by atoms with E-state index in [9.17, 15) is 19.5 Å². The number of carbonyl (C=O) groups excluding carboxylic acids is 2. The van der Waals surface area contributed by atoms with E-state index in [1.54, 1.807) is 4.90 Å². The van der Waals surface area contributed by atoms with Crippen molar-refractivity contribution in [2.24, 2.45) is 0 Å². The number of nitrogens with zero attached hydrogens (tertiary/aromatic N) is 2. The number of hydrogen-bond acceptors (Lipinski definition) is 3. The molecule has 2 aliphatic rings. The molecule has 6 rings (SSSR count). The molecule has 1 N–H and O–H groups in total. The number of piperazine rings is 1. The van der Waals surface area contributed by atoms with E-state index in [0.29, 0.717) is 6.42 Å². The van der Waals surface area contributed by atoms with Gasteiger partial charge in [-0.25, -0.2) is 4.79 Å². The highest BCUT2D eigenvalue weighted by Crippen LogP contribution is 2.39. The Morgan fingerprint density at radius 3 is 1.40 bits per heavy atom. The topological polar surface area (TPSA) is 77.9 Å². The summed E-state index contributed by atoms with van der Waals surface area (Å²) in [7, 11) is 0. The first-order valence-corrected chi connectivity index (χ1v) is 14.6. The van der Waals surface area contributed by atoms with Gasteiger partial charge in [-0.1, -0.05) is 121 Å². The first kappa shape index (κ1) is 27.5. The lowest BCUT2D eigenvalue weighted by Gasteiger charge is -2.54. The number of carboxylic acids is 1. The molecular formula is C36H34N2O4. The van der Waals surface area contributed by atoms with Crippen LogP contribution in [0.15, 0.2) is 121 Å². The minimum atomic E-state index is -1.14. The molecule has 0 saturated carbocycles. The summed E-state index contributed by atoms with van der Waals surface area (Å²) < 4.78 is 0. The maximum absolute atomic E-state index is 14.6. The minimum Gasteiger partial charge on any atom is -0.480 e. The maximum Gasteiger partial charge on any atom is 0.328 e. The van der Waals surface area contributed by atoms with Gasteiger partial charge in [0.05, 0.1) is 17.9 Å². The summed E-state index contributed by atoms with van der Waals surface area (Å²) in [6, 6.07) is 36.3.